The SMILES string of the molecule is COc1ccc(F)cc1CN(c1ccccc1OC)S(=O)(=O)c1ccc(F)cc1. The molecule has 0 atom stereocenters. The number of rotatable bonds is 7. The van der Waals surface area contributed by atoms with Crippen LogP contribution < -0.4 is 13.8 Å². The van der Waals surface area contributed by atoms with Crippen LogP contribution in [0.1, 0.15) is 5.56 Å². The molecule has 0 saturated carbocycles. The van der Waals surface area contributed by atoms with Gasteiger partial charge < -0.3 is 9.47 Å². The Morgan fingerprint density at radius 2 is 1.45 bits per heavy atom. The fourth-order valence-corrected chi connectivity index (χ4v) is 4.35. The van der Waals surface area contributed by atoms with E-state index < -0.39 is 21.7 Å². The summed E-state index contributed by atoms with van der Waals surface area (Å²) in [4.78, 5) is -0.111. The van der Waals surface area contributed by atoms with Crippen molar-refractivity contribution >= 4 is 15.7 Å². The molecule has 0 bridgehead atoms. The Morgan fingerprint density at radius 1 is 0.828 bits per heavy atom. The van der Waals surface area contributed by atoms with E-state index in [9.17, 15) is 17.2 Å². The van der Waals surface area contributed by atoms with E-state index in [1.54, 1.807) is 24.3 Å². The van der Waals surface area contributed by atoms with Crippen LogP contribution in [0.5, 0.6) is 11.5 Å². The van der Waals surface area contributed by atoms with Crippen LogP contribution in [0.15, 0.2) is 71.6 Å². The van der Waals surface area contributed by atoms with Crippen LogP contribution in [0.3, 0.4) is 0 Å². The number of anilines is 1. The third-order valence-corrected chi connectivity index (χ3v) is 6.09. The minimum Gasteiger partial charge on any atom is -0.496 e. The van der Waals surface area contributed by atoms with Crippen molar-refractivity contribution in [3.8, 4) is 11.5 Å². The van der Waals surface area contributed by atoms with E-state index >= 15 is 0 Å². The molecule has 0 aliphatic heterocycles. The first-order valence-corrected chi connectivity index (χ1v) is 10.0. The van der Waals surface area contributed by atoms with Crippen molar-refractivity contribution in [3.63, 3.8) is 0 Å². The lowest BCUT2D eigenvalue weighted by Crippen LogP contribution is -2.31. The van der Waals surface area contributed by atoms with E-state index in [4.69, 9.17) is 9.47 Å². The number of sulfonamides is 1. The van der Waals surface area contributed by atoms with Gasteiger partial charge in [0.25, 0.3) is 10.0 Å². The lowest BCUT2D eigenvalue weighted by atomic mass is 10.2. The van der Waals surface area contributed by atoms with Crippen LogP contribution in [-0.2, 0) is 16.6 Å². The van der Waals surface area contributed by atoms with E-state index in [1.165, 1.54) is 44.6 Å². The highest BCUT2D eigenvalue weighted by Gasteiger charge is 2.28. The molecule has 3 aromatic carbocycles. The van der Waals surface area contributed by atoms with Gasteiger partial charge in [-0.1, -0.05) is 12.1 Å². The largest absolute Gasteiger partial charge is 0.496 e. The maximum Gasteiger partial charge on any atom is 0.264 e. The molecule has 8 heteroatoms. The minimum atomic E-state index is -4.13. The molecule has 3 rings (SSSR count). The number of methoxy groups -OCH3 is 2. The Kier molecular flexibility index (Phi) is 6.03. The van der Waals surface area contributed by atoms with Gasteiger partial charge in [0.2, 0.25) is 0 Å². The van der Waals surface area contributed by atoms with E-state index in [1.807, 2.05) is 0 Å². The van der Waals surface area contributed by atoms with Gasteiger partial charge in [-0.2, -0.15) is 0 Å². The highest BCUT2D eigenvalue weighted by Crippen LogP contribution is 2.35. The molecular weight excluding hydrogens is 400 g/mol. The summed E-state index contributed by atoms with van der Waals surface area (Å²) >= 11 is 0. The Hall–Kier alpha value is -3.13. The molecular formula is C21H19F2NO4S. The number of para-hydroxylation sites is 2. The van der Waals surface area contributed by atoms with Gasteiger partial charge in [-0.05, 0) is 54.6 Å². The summed E-state index contributed by atoms with van der Waals surface area (Å²) in [5.74, 6) is -0.436. The van der Waals surface area contributed by atoms with Gasteiger partial charge in [-0.3, -0.25) is 4.31 Å². The first-order chi connectivity index (χ1) is 13.9. The predicted molar refractivity (Wildman–Crippen MR) is 106 cm³/mol. The summed E-state index contributed by atoms with van der Waals surface area (Å²) in [6, 6.07) is 14.9. The highest BCUT2D eigenvalue weighted by molar-refractivity contribution is 7.92. The van der Waals surface area contributed by atoms with Crippen molar-refractivity contribution in [1.82, 2.24) is 0 Å². The van der Waals surface area contributed by atoms with Crippen LogP contribution >= 0.6 is 0 Å². The average molecular weight is 419 g/mol. The third-order valence-electron chi connectivity index (χ3n) is 4.31. The number of ether oxygens (including phenoxy) is 2. The topological polar surface area (TPSA) is 55.8 Å². The fraction of sp³-hybridized carbons (Fsp3) is 0.143. The molecule has 0 spiro atoms. The molecule has 29 heavy (non-hydrogen) atoms. The Labute approximate surface area is 168 Å². The standard InChI is InChI=1S/C21H19F2NO4S/c1-27-20-12-9-17(23)13-15(20)14-24(19-5-3-4-6-21(19)28-2)29(25,26)18-10-7-16(22)8-11-18/h3-13H,14H2,1-2H3. The molecule has 3 aromatic rings. The molecule has 0 aliphatic rings. The van der Waals surface area contributed by atoms with Crippen molar-refractivity contribution in [2.45, 2.75) is 11.4 Å². The number of benzene rings is 3. The van der Waals surface area contributed by atoms with Gasteiger partial charge in [0.15, 0.2) is 0 Å². The second-order valence-corrected chi connectivity index (χ2v) is 7.96. The fourth-order valence-electron chi connectivity index (χ4n) is 2.89. The smallest absolute Gasteiger partial charge is 0.264 e. The summed E-state index contributed by atoms with van der Waals surface area (Å²) in [5.41, 5.74) is 0.578. The maximum absolute atomic E-state index is 13.9. The summed E-state index contributed by atoms with van der Waals surface area (Å²) in [7, 11) is -1.29. The zero-order chi connectivity index (χ0) is 21.0. The zero-order valence-corrected chi connectivity index (χ0v) is 16.6. The molecule has 0 radical (unpaired) electrons. The molecule has 0 aliphatic carbocycles. The van der Waals surface area contributed by atoms with Crippen LogP contribution in [0.2, 0.25) is 0 Å². The maximum atomic E-state index is 13.9. The monoisotopic (exact) mass is 419 g/mol. The van der Waals surface area contributed by atoms with Gasteiger partial charge in [0, 0.05) is 5.56 Å². The van der Waals surface area contributed by atoms with Crippen molar-refractivity contribution in [1.29, 1.82) is 0 Å². The Balaban J connectivity index is 2.17. The minimum absolute atomic E-state index is 0.111. The molecule has 0 saturated heterocycles. The highest BCUT2D eigenvalue weighted by atomic mass is 32.2. The lowest BCUT2D eigenvalue weighted by molar-refractivity contribution is 0.407. The molecule has 0 N–H and O–H groups in total. The second kappa shape index (κ2) is 8.48. The molecule has 0 amide bonds. The van der Waals surface area contributed by atoms with E-state index in [0.29, 0.717) is 17.1 Å². The van der Waals surface area contributed by atoms with Gasteiger partial charge >= 0.3 is 0 Å². The molecule has 0 aromatic heterocycles. The molecule has 5 nitrogen and oxygen atoms in total. The van der Waals surface area contributed by atoms with Crippen molar-refractivity contribution < 1.29 is 26.7 Å². The molecule has 0 unspecified atom stereocenters. The van der Waals surface area contributed by atoms with Crippen molar-refractivity contribution in [2.75, 3.05) is 18.5 Å². The normalized spacial score (nSPS) is 11.2. The summed E-state index contributed by atoms with van der Waals surface area (Å²) < 4.78 is 65.7. The predicted octanol–water partition coefficient (Wildman–Crippen LogP) is 4.38. The average Bonchev–Trinajstić information content (AvgIpc) is 2.72. The second-order valence-electron chi connectivity index (χ2n) is 6.09. The van der Waals surface area contributed by atoms with Crippen molar-refractivity contribution in [2.24, 2.45) is 0 Å². The third kappa shape index (κ3) is 4.32. The lowest BCUT2D eigenvalue weighted by Gasteiger charge is -2.27. The van der Waals surface area contributed by atoms with Crippen LogP contribution in [0.25, 0.3) is 0 Å². The van der Waals surface area contributed by atoms with Gasteiger partial charge in [-0.25, -0.2) is 17.2 Å². The Morgan fingerprint density at radius 3 is 2.10 bits per heavy atom. The van der Waals surface area contributed by atoms with Crippen molar-refractivity contribution in [3.05, 3.63) is 83.9 Å². The summed E-state index contributed by atoms with van der Waals surface area (Å²) in [6.45, 7) is -0.221. The van der Waals surface area contributed by atoms with E-state index in [0.717, 1.165) is 16.4 Å². The Bertz CT molecular complexity index is 1100. The summed E-state index contributed by atoms with van der Waals surface area (Å²) in [5, 5.41) is 0. The van der Waals surface area contributed by atoms with Crippen LogP contribution in [0, 0.1) is 11.6 Å². The molecule has 0 heterocycles. The van der Waals surface area contributed by atoms with E-state index in [2.05, 4.69) is 0 Å². The van der Waals surface area contributed by atoms with Gasteiger partial charge in [0.05, 0.1) is 31.3 Å². The van der Waals surface area contributed by atoms with Gasteiger partial charge in [0.1, 0.15) is 23.1 Å². The zero-order valence-electron chi connectivity index (χ0n) is 15.8. The van der Waals surface area contributed by atoms with Crippen LogP contribution in [0.4, 0.5) is 14.5 Å². The number of nitrogens with zero attached hydrogens (tertiary/aromatic N) is 1. The number of hydrogen-bond acceptors (Lipinski definition) is 4. The quantitative estimate of drug-likeness (QED) is 0.570. The van der Waals surface area contributed by atoms with Gasteiger partial charge in [-0.15, -0.1) is 0 Å². The molecule has 152 valence electrons. The number of hydrogen-bond donors (Lipinski definition) is 0. The van der Waals surface area contributed by atoms with E-state index in [-0.39, 0.29) is 17.1 Å². The molecule has 0 fully saturated rings. The number of halogens is 2. The summed E-state index contributed by atoms with van der Waals surface area (Å²) in [6.07, 6.45) is 0. The first kappa shape index (κ1) is 20.6. The first-order valence-electron chi connectivity index (χ1n) is 8.60. The van der Waals surface area contributed by atoms with Crippen LogP contribution in [-0.4, -0.2) is 22.6 Å².